The highest BCUT2D eigenvalue weighted by Crippen LogP contribution is 2.45. The summed E-state index contributed by atoms with van der Waals surface area (Å²) in [5, 5.41) is 0. The number of likely N-dealkylation sites (N-methyl/N-ethyl adjacent to an activating group) is 2. The van der Waals surface area contributed by atoms with Gasteiger partial charge in [-0.25, -0.2) is 30.1 Å². The first-order chi connectivity index (χ1) is 14.0. The SMILES string of the molecule is CCC1CN(P(N=C2N(C)CCN2C)ON)CC(n2cnc3c(N)ncnc32)O1. The molecule has 0 radical (unpaired) electrons. The van der Waals surface area contributed by atoms with E-state index in [1.54, 1.807) is 6.33 Å². The second-order valence-corrected chi connectivity index (χ2v) is 8.66. The highest BCUT2D eigenvalue weighted by atomic mass is 31.2. The van der Waals surface area contributed by atoms with Crippen molar-refractivity contribution in [2.75, 3.05) is 46.0 Å². The normalized spacial score (nSPS) is 24.5. The lowest BCUT2D eigenvalue weighted by Gasteiger charge is -2.39. The van der Waals surface area contributed by atoms with Crippen LogP contribution in [0.2, 0.25) is 0 Å². The van der Waals surface area contributed by atoms with Gasteiger partial charge in [-0.3, -0.25) is 4.57 Å². The molecule has 158 valence electrons. The third kappa shape index (κ3) is 3.86. The van der Waals surface area contributed by atoms with Crippen molar-refractivity contribution < 1.29 is 9.36 Å². The molecule has 2 aromatic heterocycles. The topological polar surface area (TPSA) is 136 Å². The van der Waals surface area contributed by atoms with E-state index >= 15 is 0 Å². The van der Waals surface area contributed by atoms with Gasteiger partial charge in [0.2, 0.25) is 5.96 Å². The summed E-state index contributed by atoms with van der Waals surface area (Å²) >= 11 is 0. The quantitative estimate of drug-likeness (QED) is 0.514. The number of nitrogens with two attached hydrogens (primary N) is 2. The van der Waals surface area contributed by atoms with Crippen LogP contribution in [0.5, 0.6) is 0 Å². The summed E-state index contributed by atoms with van der Waals surface area (Å²) in [4.78, 5) is 16.9. The lowest BCUT2D eigenvalue weighted by Crippen LogP contribution is -2.43. The minimum Gasteiger partial charge on any atom is -0.382 e. The number of hydrogen-bond acceptors (Lipinski definition) is 9. The smallest absolute Gasteiger partial charge is 0.259 e. The van der Waals surface area contributed by atoms with Crippen LogP contribution in [0.4, 0.5) is 5.82 Å². The lowest BCUT2D eigenvalue weighted by atomic mass is 10.2. The average molecular weight is 422 g/mol. The van der Waals surface area contributed by atoms with E-state index in [0.717, 1.165) is 25.5 Å². The van der Waals surface area contributed by atoms with Gasteiger partial charge in [-0.2, -0.15) is 4.76 Å². The Hall–Kier alpha value is -2.11. The summed E-state index contributed by atoms with van der Waals surface area (Å²) in [7, 11) is 2.66. The fourth-order valence-corrected chi connectivity index (χ4v) is 4.94. The average Bonchev–Trinajstić information content (AvgIpc) is 3.30. The minimum absolute atomic E-state index is 0.00442. The number of guanidine groups is 1. The molecule has 4 rings (SSSR count). The summed E-state index contributed by atoms with van der Waals surface area (Å²) in [6.45, 7) is 5.17. The molecule has 13 heteroatoms. The molecule has 0 bridgehead atoms. The van der Waals surface area contributed by atoms with Crippen LogP contribution in [0, 0.1) is 0 Å². The van der Waals surface area contributed by atoms with Crippen molar-refractivity contribution in [1.82, 2.24) is 34.0 Å². The number of nitrogens with zero attached hydrogens (tertiary/aromatic N) is 8. The van der Waals surface area contributed by atoms with Gasteiger partial charge in [-0.15, -0.1) is 0 Å². The van der Waals surface area contributed by atoms with Crippen LogP contribution >= 0.6 is 8.45 Å². The molecule has 2 aromatic rings. The number of morpholine rings is 1. The van der Waals surface area contributed by atoms with Gasteiger partial charge in [0.05, 0.1) is 19.0 Å². The van der Waals surface area contributed by atoms with Gasteiger partial charge in [0.1, 0.15) is 18.1 Å². The van der Waals surface area contributed by atoms with Crippen LogP contribution in [-0.2, 0) is 9.36 Å². The van der Waals surface area contributed by atoms with Gasteiger partial charge < -0.3 is 20.3 Å². The van der Waals surface area contributed by atoms with Gasteiger partial charge in [0, 0.05) is 33.7 Å². The fraction of sp³-hybridized carbons (Fsp3) is 0.625. The molecule has 0 amide bonds. The molecule has 2 fully saturated rings. The molecule has 4 N–H and O–H groups in total. The molecular formula is C16H27N10O2P. The van der Waals surface area contributed by atoms with Crippen molar-refractivity contribution >= 4 is 31.4 Å². The molecule has 2 aliphatic heterocycles. The van der Waals surface area contributed by atoms with Gasteiger partial charge in [-0.05, 0) is 6.42 Å². The molecule has 0 aromatic carbocycles. The van der Waals surface area contributed by atoms with Gasteiger partial charge in [-0.1, -0.05) is 6.92 Å². The number of anilines is 1. The Labute approximate surface area is 170 Å². The van der Waals surface area contributed by atoms with E-state index in [4.69, 9.17) is 25.8 Å². The minimum atomic E-state index is -1.38. The predicted molar refractivity (Wildman–Crippen MR) is 110 cm³/mol. The molecule has 3 unspecified atom stereocenters. The van der Waals surface area contributed by atoms with E-state index in [0.29, 0.717) is 30.1 Å². The highest BCUT2D eigenvalue weighted by Gasteiger charge is 2.35. The molecule has 12 nitrogen and oxygen atoms in total. The molecular weight excluding hydrogens is 395 g/mol. The number of fused-ring (bicyclic) bond motifs is 1. The van der Waals surface area contributed by atoms with Crippen molar-refractivity contribution in [2.24, 2.45) is 10.7 Å². The standard InChI is InChI=1S/C16H27N10O2P/c1-4-11-7-25(29(28-18)22-16-23(2)5-6-24(16)3)8-12(27-11)26-10-21-13-14(17)19-9-20-15(13)26/h9-12H,4-8,18H2,1-3H3,(H2,17,19,20). The maximum Gasteiger partial charge on any atom is 0.259 e. The molecule has 4 heterocycles. The van der Waals surface area contributed by atoms with E-state index < -0.39 is 8.45 Å². The summed E-state index contributed by atoms with van der Waals surface area (Å²) in [6, 6.07) is 0. The molecule has 29 heavy (non-hydrogen) atoms. The molecule has 2 saturated heterocycles. The van der Waals surface area contributed by atoms with E-state index in [1.165, 1.54) is 6.33 Å². The van der Waals surface area contributed by atoms with Gasteiger partial charge >= 0.3 is 0 Å². The van der Waals surface area contributed by atoms with E-state index in [2.05, 4.69) is 36.3 Å². The van der Waals surface area contributed by atoms with Gasteiger partial charge in [0.25, 0.3) is 8.45 Å². The zero-order valence-electron chi connectivity index (χ0n) is 16.8. The summed E-state index contributed by atoms with van der Waals surface area (Å²) in [6.07, 6.45) is 3.66. The summed E-state index contributed by atoms with van der Waals surface area (Å²) in [5.74, 6) is 6.91. The second-order valence-electron chi connectivity index (χ2n) is 7.18. The first kappa shape index (κ1) is 20.2. The molecule has 0 saturated carbocycles. The van der Waals surface area contributed by atoms with E-state index in [-0.39, 0.29) is 12.3 Å². The van der Waals surface area contributed by atoms with E-state index in [9.17, 15) is 0 Å². The summed E-state index contributed by atoms with van der Waals surface area (Å²) in [5.41, 5.74) is 7.13. The zero-order valence-corrected chi connectivity index (χ0v) is 17.7. The van der Waals surface area contributed by atoms with Crippen LogP contribution in [0.1, 0.15) is 19.6 Å². The molecule has 0 spiro atoms. The van der Waals surface area contributed by atoms with Gasteiger partial charge in [0.15, 0.2) is 11.5 Å². The van der Waals surface area contributed by atoms with Crippen molar-refractivity contribution in [3.63, 3.8) is 0 Å². The molecule has 0 aliphatic carbocycles. The van der Waals surface area contributed by atoms with Crippen molar-refractivity contribution in [2.45, 2.75) is 25.7 Å². The Balaban J connectivity index is 1.62. The number of aromatic nitrogens is 4. The molecule has 2 aliphatic rings. The summed E-state index contributed by atoms with van der Waals surface area (Å²) < 4.78 is 20.5. The van der Waals surface area contributed by atoms with Crippen LogP contribution in [-0.4, -0.2) is 86.3 Å². The van der Waals surface area contributed by atoms with Crippen LogP contribution in [0.15, 0.2) is 17.4 Å². The Morgan fingerprint density at radius 1 is 1.24 bits per heavy atom. The number of nitrogen functional groups attached to an aromatic ring is 1. The largest absolute Gasteiger partial charge is 0.382 e. The first-order valence-corrected chi connectivity index (χ1v) is 10.7. The predicted octanol–water partition coefficient (Wildman–Crippen LogP) is 0.368. The number of rotatable bonds is 5. The number of hydrogen-bond donors (Lipinski definition) is 2. The van der Waals surface area contributed by atoms with Crippen LogP contribution in [0.25, 0.3) is 11.2 Å². The third-order valence-electron chi connectivity index (χ3n) is 5.25. The van der Waals surface area contributed by atoms with Crippen LogP contribution in [0.3, 0.4) is 0 Å². The first-order valence-electron chi connectivity index (χ1n) is 9.53. The second kappa shape index (κ2) is 8.33. The van der Waals surface area contributed by atoms with Crippen molar-refractivity contribution in [3.8, 4) is 0 Å². The fourth-order valence-electron chi connectivity index (χ4n) is 3.57. The highest BCUT2D eigenvalue weighted by molar-refractivity contribution is 7.48. The molecule has 3 atom stereocenters. The zero-order chi connectivity index (χ0) is 20.5. The van der Waals surface area contributed by atoms with Crippen molar-refractivity contribution in [3.05, 3.63) is 12.7 Å². The van der Waals surface area contributed by atoms with E-state index in [1.807, 2.05) is 18.7 Å². The third-order valence-corrected chi connectivity index (χ3v) is 6.60. The number of ether oxygens (including phenoxy) is 1. The maximum absolute atomic E-state index is 6.29. The Morgan fingerprint density at radius 3 is 2.69 bits per heavy atom. The Kier molecular flexibility index (Phi) is 5.79. The maximum atomic E-state index is 6.29. The Morgan fingerprint density at radius 2 is 2.00 bits per heavy atom. The lowest BCUT2D eigenvalue weighted by molar-refractivity contribution is -0.101. The van der Waals surface area contributed by atoms with Crippen molar-refractivity contribution in [1.29, 1.82) is 0 Å². The number of imidazole rings is 1. The van der Waals surface area contributed by atoms with Crippen LogP contribution < -0.4 is 11.6 Å². The monoisotopic (exact) mass is 422 g/mol. The Bertz CT molecular complexity index is 880.